The molecule has 1 fully saturated rings. The molecule has 0 atom stereocenters. The Morgan fingerprint density at radius 2 is 1.71 bits per heavy atom. The van der Waals surface area contributed by atoms with E-state index in [1.165, 1.54) is 13.0 Å². The maximum atomic E-state index is 6.09. The summed E-state index contributed by atoms with van der Waals surface area (Å²) in [6.45, 7) is 10.8. The minimum absolute atomic E-state index is 0.691. The van der Waals surface area contributed by atoms with Gasteiger partial charge >= 0.3 is 0 Å². The van der Waals surface area contributed by atoms with Crippen LogP contribution in [0.1, 0.15) is 24.8 Å². The second-order valence-electron chi connectivity index (χ2n) is 7.50. The Bertz CT molecular complexity index is 942. The molecule has 5 nitrogen and oxygen atoms in total. The summed E-state index contributed by atoms with van der Waals surface area (Å²) in [6.07, 6.45) is 1.22. The van der Waals surface area contributed by atoms with Crippen LogP contribution < -0.4 is 4.74 Å². The van der Waals surface area contributed by atoms with Crippen LogP contribution in [-0.4, -0.2) is 54.6 Å². The third-order valence-corrected chi connectivity index (χ3v) is 5.61. The predicted octanol–water partition coefficient (Wildman–Crippen LogP) is 4.34. The molecule has 2 aromatic carbocycles. The highest BCUT2D eigenvalue weighted by Crippen LogP contribution is 2.34. The van der Waals surface area contributed by atoms with E-state index >= 15 is 0 Å². The number of rotatable bonds is 6. The van der Waals surface area contributed by atoms with Gasteiger partial charge in [-0.05, 0) is 37.4 Å². The van der Waals surface area contributed by atoms with Crippen molar-refractivity contribution in [3.8, 4) is 17.2 Å². The summed E-state index contributed by atoms with van der Waals surface area (Å²) in [6, 6.07) is 12.3. The van der Waals surface area contributed by atoms with E-state index in [0.717, 1.165) is 66.3 Å². The van der Waals surface area contributed by atoms with Crippen LogP contribution >= 0.6 is 0 Å². The minimum Gasteiger partial charge on any atom is -0.496 e. The van der Waals surface area contributed by atoms with Crippen molar-refractivity contribution in [2.45, 2.75) is 26.8 Å². The summed E-state index contributed by atoms with van der Waals surface area (Å²) >= 11 is 0. The zero-order valence-electron chi connectivity index (χ0n) is 17.1. The quantitative estimate of drug-likeness (QED) is 0.637. The van der Waals surface area contributed by atoms with Gasteiger partial charge in [-0.1, -0.05) is 31.2 Å². The predicted molar refractivity (Wildman–Crippen MR) is 113 cm³/mol. The minimum atomic E-state index is 0.691. The maximum absolute atomic E-state index is 6.09. The molecule has 0 aliphatic carbocycles. The van der Waals surface area contributed by atoms with Gasteiger partial charge in [-0.15, -0.1) is 0 Å². The van der Waals surface area contributed by atoms with Gasteiger partial charge in [0, 0.05) is 43.7 Å². The summed E-state index contributed by atoms with van der Waals surface area (Å²) in [5, 5.41) is 2.18. The first kappa shape index (κ1) is 19.0. The van der Waals surface area contributed by atoms with E-state index < -0.39 is 0 Å². The first-order chi connectivity index (χ1) is 13.7. The number of fused-ring (bicyclic) bond motifs is 1. The Morgan fingerprint density at radius 3 is 2.43 bits per heavy atom. The lowest BCUT2D eigenvalue weighted by molar-refractivity contribution is 0.126. The topological polar surface area (TPSA) is 41.7 Å². The largest absolute Gasteiger partial charge is 0.496 e. The number of benzene rings is 2. The zero-order chi connectivity index (χ0) is 19.5. The Kier molecular flexibility index (Phi) is 5.64. The first-order valence-electron chi connectivity index (χ1n) is 10.2. The van der Waals surface area contributed by atoms with Crippen LogP contribution in [0.3, 0.4) is 0 Å². The van der Waals surface area contributed by atoms with Gasteiger partial charge in [0.15, 0.2) is 0 Å². The molecule has 2 heterocycles. The number of aromatic nitrogens is 1. The van der Waals surface area contributed by atoms with Crippen molar-refractivity contribution in [1.29, 1.82) is 0 Å². The van der Waals surface area contributed by atoms with E-state index in [0.29, 0.717) is 5.89 Å². The second kappa shape index (κ2) is 8.33. The number of hydrogen-bond acceptors (Lipinski definition) is 5. The highest BCUT2D eigenvalue weighted by molar-refractivity contribution is 5.98. The van der Waals surface area contributed by atoms with Crippen LogP contribution in [0.5, 0.6) is 5.75 Å². The molecule has 1 saturated heterocycles. The normalized spacial score (nSPS) is 16.0. The van der Waals surface area contributed by atoms with Gasteiger partial charge in [0.1, 0.15) is 11.5 Å². The fourth-order valence-electron chi connectivity index (χ4n) is 4.02. The van der Waals surface area contributed by atoms with Gasteiger partial charge in [-0.2, -0.15) is 0 Å². The summed E-state index contributed by atoms with van der Waals surface area (Å²) < 4.78 is 11.6. The Morgan fingerprint density at radius 1 is 1.00 bits per heavy atom. The molecule has 0 bridgehead atoms. The molecule has 0 N–H and O–H groups in total. The SMILES string of the molecule is CCCN1CCN(Cc2nc(-c3ccc(OC)c4ccccc34)oc2C)CC1. The number of methoxy groups -OCH3 is 1. The number of hydrogen-bond donors (Lipinski definition) is 0. The Labute approximate surface area is 166 Å². The van der Waals surface area contributed by atoms with Crippen LogP contribution in [0, 0.1) is 6.92 Å². The molecule has 1 aliphatic heterocycles. The number of piperazine rings is 1. The summed E-state index contributed by atoms with van der Waals surface area (Å²) in [7, 11) is 1.70. The van der Waals surface area contributed by atoms with Crippen molar-refractivity contribution in [2.75, 3.05) is 39.8 Å². The molecule has 5 heteroatoms. The van der Waals surface area contributed by atoms with Gasteiger partial charge in [0.2, 0.25) is 5.89 Å². The number of oxazole rings is 1. The molecule has 0 saturated carbocycles. The van der Waals surface area contributed by atoms with E-state index in [1.54, 1.807) is 7.11 Å². The molecule has 3 aromatic rings. The van der Waals surface area contributed by atoms with E-state index in [9.17, 15) is 0 Å². The molecule has 0 radical (unpaired) electrons. The molecule has 0 spiro atoms. The summed E-state index contributed by atoms with van der Waals surface area (Å²) in [5.74, 6) is 2.47. The zero-order valence-corrected chi connectivity index (χ0v) is 17.1. The Balaban J connectivity index is 1.56. The van der Waals surface area contributed by atoms with Crippen LogP contribution in [0.15, 0.2) is 40.8 Å². The number of aryl methyl sites for hydroxylation is 1. The van der Waals surface area contributed by atoms with Crippen LogP contribution in [0.2, 0.25) is 0 Å². The van der Waals surface area contributed by atoms with E-state index in [2.05, 4.69) is 28.9 Å². The molecule has 4 rings (SSSR count). The van der Waals surface area contributed by atoms with Crippen molar-refractivity contribution in [2.24, 2.45) is 0 Å². The third kappa shape index (κ3) is 3.77. The smallest absolute Gasteiger partial charge is 0.227 e. The van der Waals surface area contributed by atoms with Crippen molar-refractivity contribution >= 4 is 10.8 Å². The lowest BCUT2D eigenvalue weighted by Crippen LogP contribution is -2.46. The molecular formula is C23H29N3O2. The van der Waals surface area contributed by atoms with Crippen molar-refractivity contribution in [3.05, 3.63) is 47.9 Å². The molecule has 1 aliphatic rings. The van der Waals surface area contributed by atoms with Gasteiger partial charge in [0.25, 0.3) is 0 Å². The van der Waals surface area contributed by atoms with Crippen molar-refractivity contribution in [1.82, 2.24) is 14.8 Å². The monoisotopic (exact) mass is 379 g/mol. The van der Waals surface area contributed by atoms with Gasteiger partial charge in [0.05, 0.1) is 12.8 Å². The molecule has 0 unspecified atom stereocenters. The number of ether oxygens (including phenoxy) is 1. The summed E-state index contributed by atoms with van der Waals surface area (Å²) in [5.41, 5.74) is 2.05. The first-order valence-corrected chi connectivity index (χ1v) is 10.2. The third-order valence-electron chi connectivity index (χ3n) is 5.61. The van der Waals surface area contributed by atoms with Crippen LogP contribution in [0.4, 0.5) is 0 Å². The van der Waals surface area contributed by atoms with Crippen LogP contribution in [-0.2, 0) is 6.54 Å². The molecule has 148 valence electrons. The fourth-order valence-corrected chi connectivity index (χ4v) is 4.02. The molecule has 0 amide bonds. The average molecular weight is 380 g/mol. The second-order valence-corrected chi connectivity index (χ2v) is 7.50. The van der Waals surface area contributed by atoms with Gasteiger partial charge < -0.3 is 14.1 Å². The standard InChI is InChI=1S/C23H29N3O2/c1-4-11-25-12-14-26(15-13-25)16-21-17(2)28-23(24-21)20-9-10-22(27-3)19-8-6-5-7-18(19)20/h5-10H,4,11-16H2,1-3H3. The average Bonchev–Trinajstić information content (AvgIpc) is 3.09. The summed E-state index contributed by atoms with van der Waals surface area (Å²) in [4.78, 5) is 9.89. The van der Waals surface area contributed by atoms with E-state index in [1.807, 2.05) is 31.2 Å². The van der Waals surface area contributed by atoms with E-state index in [-0.39, 0.29) is 0 Å². The lowest BCUT2D eigenvalue weighted by atomic mass is 10.0. The van der Waals surface area contributed by atoms with Crippen molar-refractivity contribution < 1.29 is 9.15 Å². The molecular weight excluding hydrogens is 350 g/mol. The Hall–Kier alpha value is -2.37. The van der Waals surface area contributed by atoms with Crippen LogP contribution in [0.25, 0.3) is 22.2 Å². The van der Waals surface area contributed by atoms with Gasteiger partial charge in [-0.3, -0.25) is 4.90 Å². The fraction of sp³-hybridized carbons (Fsp3) is 0.435. The van der Waals surface area contributed by atoms with Crippen molar-refractivity contribution in [3.63, 3.8) is 0 Å². The molecule has 1 aromatic heterocycles. The number of nitrogens with zero attached hydrogens (tertiary/aromatic N) is 3. The van der Waals surface area contributed by atoms with Gasteiger partial charge in [-0.25, -0.2) is 4.98 Å². The maximum Gasteiger partial charge on any atom is 0.227 e. The lowest BCUT2D eigenvalue weighted by Gasteiger charge is -2.34. The highest BCUT2D eigenvalue weighted by atomic mass is 16.5. The molecule has 28 heavy (non-hydrogen) atoms. The highest BCUT2D eigenvalue weighted by Gasteiger charge is 2.20. The van der Waals surface area contributed by atoms with E-state index in [4.69, 9.17) is 14.1 Å².